The molecule has 0 unspecified atom stereocenters. The molecule has 0 atom stereocenters. The largest absolute Gasteiger partial charge is 0.487 e. The zero-order valence-electron chi connectivity index (χ0n) is 20.0. The molecule has 196 valence electrons. The summed E-state index contributed by atoms with van der Waals surface area (Å²) in [6.45, 7) is 0.281. The number of hydrogen-bond donors (Lipinski definition) is 0. The van der Waals surface area contributed by atoms with E-state index in [1.54, 1.807) is 54.6 Å². The lowest BCUT2D eigenvalue weighted by Crippen LogP contribution is -2.20. The zero-order chi connectivity index (χ0) is 27.6. The minimum absolute atomic E-state index is 0.0323. The van der Waals surface area contributed by atoms with Gasteiger partial charge in [0.05, 0.1) is 27.7 Å². The molecule has 10 heteroatoms. The fourth-order valence-corrected chi connectivity index (χ4v) is 4.20. The molecule has 5 aromatic rings. The van der Waals surface area contributed by atoms with E-state index in [-0.39, 0.29) is 23.4 Å². The Morgan fingerprint density at radius 2 is 1.69 bits per heavy atom. The quantitative estimate of drug-likeness (QED) is 0.196. The summed E-state index contributed by atoms with van der Waals surface area (Å²) in [5.41, 5.74) is 0.484. The maximum atomic E-state index is 13.4. The third-order valence-corrected chi connectivity index (χ3v) is 6.34. The number of alkyl halides is 3. The van der Waals surface area contributed by atoms with Gasteiger partial charge >= 0.3 is 6.18 Å². The molecule has 5 nitrogen and oxygen atoms in total. The summed E-state index contributed by atoms with van der Waals surface area (Å²) < 4.78 is 46.9. The first kappa shape index (κ1) is 26.5. The molecule has 0 radical (unpaired) electrons. The van der Waals surface area contributed by atoms with Crippen molar-refractivity contribution in [3.05, 3.63) is 128 Å². The number of ether oxygens (including phenoxy) is 1. The fourth-order valence-electron chi connectivity index (χ4n) is 3.83. The predicted molar refractivity (Wildman–Crippen MR) is 147 cm³/mol. The van der Waals surface area contributed by atoms with E-state index in [1.165, 1.54) is 18.3 Å². The van der Waals surface area contributed by atoms with Gasteiger partial charge in [0.1, 0.15) is 12.4 Å². The van der Waals surface area contributed by atoms with Crippen molar-refractivity contribution in [2.24, 2.45) is 5.10 Å². The van der Waals surface area contributed by atoms with E-state index < -0.39 is 17.3 Å². The second kappa shape index (κ2) is 10.9. The summed E-state index contributed by atoms with van der Waals surface area (Å²) in [5.74, 6) is 0.410. The Morgan fingerprint density at radius 3 is 2.44 bits per heavy atom. The fraction of sp³-hybridized carbons (Fsp3) is 0.0690. The van der Waals surface area contributed by atoms with Gasteiger partial charge in [0, 0.05) is 10.6 Å². The van der Waals surface area contributed by atoms with Gasteiger partial charge in [-0.25, -0.2) is 4.98 Å². The average molecular weight is 568 g/mol. The number of para-hydroxylation sites is 1. The number of halogens is 5. The number of aromatic nitrogens is 2. The van der Waals surface area contributed by atoms with Gasteiger partial charge in [0.2, 0.25) is 0 Å². The summed E-state index contributed by atoms with van der Waals surface area (Å²) in [6.07, 6.45) is -3.18. The van der Waals surface area contributed by atoms with Crippen LogP contribution in [0.1, 0.15) is 16.7 Å². The van der Waals surface area contributed by atoms with Gasteiger partial charge in [-0.15, -0.1) is 0 Å². The van der Waals surface area contributed by atoms with Gasteiger partial charge < -0.3 is 4.74 Å². The van der Waals surface area contributed by atoms with E-state index >= 15 is 0 Å². The summed E-state index contributed by atoms with van der Waals surface area (Å²) in [7, 11) is 0. The first-order chi connectivity index (χ1) is 18.7. The Kier molecular flexibility index (Phi) is 7.41. The summed E-state index contributed by atoms with van der Waals surface area (Å²) in [6, 6.07) is 23.3. The van der Waals surface area contributed by atoms with Gasteiger partial charge in [0.15, 0.2) is 5.82 Å². The summed E-state index contributed by atoms with van der Waals surface area (Å²) in [4.78, 5) is 17.8. The van der Waals surface area contributed by atoms with Crippen LogP contribution in [0.5, 0.6) is 5.75 Å². The Hall–Kier alpha value is -4.14. The van der Waals surface area contributed by atoms with E-state index in [0.29, 0.717) is 26.9 Å². The lowest BCUT2D eigenvalue weighted by Gasteiger charge is -2.12. The SMILES string of the molecule is O=c1c2ccccc2nc(-c2cccc(C(F)(F)F)c2)n1N=Cc1ccc(OCc2ccc(Cl)cc2)c(Cl)c1. The Labute approximate surface area is 230 Å². The van der Waals surface area contributed by atoms with Crippen LogP contribution in [-0.2, 0) is 12.8 Å². The van der Waals surface area contributed by atoms with Crippen LogP contribution in [0.15, 0.2) is 101 Å². The van der Waals surface area contributed by atoms with Gasteiger partial charge in [0.25, 0.3) is 5.56 Å². The predicted octanol–water partition coefficient (Wildman–Crippen LogP) is 7.85. The first-order valence-corrected chi connectivity index (χ1v) is 12.4. The Balaban J connectivity index is 1.49. The highest BCUT2D eigenvalue weighted by atomic mass is 35.5. The van der Waals surface area contributed by atoms with Crippen molar-refractivity contribution in [3.8, 4) is 17.1 Å². The maximum absolute atomic E-state index is 13.4. The van der Waals surface area contributed by atoms with Crippen LogP contribution in [0.25, 0.3) is 22.3 Å². The van der Waals surface area contributed by atoms with Crippen LogP contribution in [-0.4, -0.2) is 15.9 Å². The number of fused-ring (bicyclic) bond motifs is 1. The lowest BCUT2D eigenvalue weighted by atomic mass is 10.1. The molecule has 0 spiro atoms. The van der Waals surface area contributed by atoms with Gasteiger partial charge in [-0.1, -0.05) is 59.6 Å². The van der Waals surface area contributed by atoms with Crippen LogP contribution in [0.4, 0.5) is 13.2 Å². The third kappa shape index (κ3) is 5.97. The standard InChI is InChI=1S/C29H18Cl2F3N3O2/c30-22-11-8-18(9-12-22)17-39-26-13-10-19(14-24(26)31)16-35-37-27(20-4-3-5-21(15-20)29(32,33)34)36-25-7-2-1-6-23(25)28(37)38/h1-16H,17H2. The second-order valence-corrected chi connectivity index (χ2v) is 9.34. The molecule has 0 amide bonds. The minimum Gasteiger partial charge on any atom is -0.487 e. The second-order valence-electron chi connectivity index (χ2n) is 8.50. The minimum atomic E-state index is -4.56. The van der Waals surface area contributed by atoms with E-state index in [0.717, 1.165) is 22.4 Å². The van der Waals surface area contributed by atoms with Gasteiger partial charge in [-0.3, -0.25) is 4.79 Å². The Morgan fingerprint density at radius 1 is 0.923 bits per heavy atom. The first-order valence-electron chi connectivity index (χ1n) is 11.6. The number of rotatable bonds is 6. The van der Waals surface area contributed by atoms with Crippen molar-refractivity contribution in [2.75, 3.05) is 0 Å². The molecule has 39 heavy (non-hydrogen) atoms. The molecule has 1 heterocycles. The molecule has 0 N–H and O–H groups in total. The van der Waals surface area contributed by atoms with Gasteiger partial charge in [-0.2, -0.15) is 22.9 Å². The van der Waals surface area contributed by atoms with Crippen LogP contribution in [0.3, 0.4) is 0 Å². The van der Waals surface area contributed by atoms with E-state index in [1.807, 2.05) is 12.1 Å². The Bertz CT molecular complexity index is 1750. The number of benzene rings is 4. The van der Waals surface area contributed by atoms with Crippen molar-refractivity contribution in [1.29, 1.82) is 0 Å². The zero-order valence-corrected chi connectivity index (χ0v) is 21.5. The van der Waals surface area contributed by atoms with Crippen LogP contribution < -0.4 is 10.3 Å². The number of nitrogens with zero attached hydrogens (tertiary/aromatic N) is 3. The highest BCUT2D eigenvalue weighted by Crippen LogP contribution is 2.32. The van der Waals surface area contributed by atoms with Crippen molar-refractivity contribution in [1.82, 2.24) is 9.66 Å². The average Bonchev–Trinajstić information content (AvgIpc) is 2.92. The van der Waals surface area contributed by atoms with Gasteiger partial charge in [-0.05, 0) is 65.7 Å². The summed E-state index contributed by atoms with van der Waals surface area (Å²) in [5, 5.41) is 5.50. The molecule has 0 aliphatic heterocycles. The monoisotopic (exact) mass is 567 g/mol. The van der Waals surface area contributed by atoms with E-state index in [9.17, 15) is 18.0 Å². The maximum Gasteiger partial charge on any atom is 0.416 e. The van der Waals surface area contributed by atoms with Crippen LogP contribution in [0.2, 0.25) is 10.0 Å². The van der Waals surface area contributed by atoms with E-state index in [4.69, 9.17) is 27.9 Å². The molecule has 4 aromatic carbocycles. The summed E-state index contributed by atoms with van der Waals surface area (Å²) >= 11 is 12.3. The molecule has 0 bridgehead atoms. The molecule has 1 aromatic heterocycles. The molecule has 0 saturated carbocycles. The topological polar surface area (TPSA) is 56.5 Å². The smallest absolute Gasteiger partial charge is 0.416 e. The van der Waals surface area contributed by atoms with E-state index in [2.05, 4.69) is 10.1 Å². The van der Waals surface area contributed by atoms with Crippen molar-refractivity contribution >= 4 is 40.3 Å². The van der Waals surface area contributed by atoms with Crippen molar-refractivity contribution in [2.45, 2.75) is 12.8 Å². The molecule has 5 rings (SSSR count). The number of hydrogen-bond acceptors (Lipinski definition) is 4. The molecular formula is C29H18Cl2F3N3O2. The molecule has 0 fully saturated rings. The highest BCUT2D eigenvalue weighted by Gasteiger charge is 2.31. The van der Waals surface area contributed by atoms with Crippen LogP contribution >= 0.6 is 23.2 Å². The normalized spacial score (nSPS) is 11.8. The molecular weight excluding hydrogens is 550 g/mol. The van der Waals surface area contributed by atoms with Crippen molar-refractivity contribution < 1.29 is 17.9 Å². The molecule has 0 aliphatic rings. The molecule has 0 aliphatic carbocycles. The highest BCUT2D eigenvalue weighted by molar-refractivity contribution is 6.32. The van der Waals surface area contributed by atoms with Crippen molar-refractivity contribution in [3.63, 3.8) is 0 Å². The van der Waals surface area contributed by atoms with Crippen LogP contribution in [0, 0.1) is 0 Å². The lowest BCUT2D eigenvalue weighted by molar-refractivity contribution is -0.137. The third-order valence-electron chi connectivity index (χ3n) is 5.79. The molecule has 0 saturated heterocycles.